The van der Waals surface area contributed by atoms with Gasteiger partial charge >= 0.3 is 6.03 Å². The van der Waals surface area contributed by atoms with E-state index in [-0.39, 0.29) is 6.03 Å². The van der Waals surface area contributed by atoms with Crippen LogP contribution >= 0.6 is 0 Å². The Kier molecular flexibility index (Phi) is 4.17. The third kappa shape index (κ3) is 3.18. The maximum absolute atomic E-state index is 12.6. The van der Waals surface area contributed by atoms with Crippen LogP contribution in [0.3, 0.4) is 0 Å². The van der Waals surface area contributed by atoms with Gasteiger partial charge in [0.15, 0.2) is 5.82 Å². The summed E-state index contributed by atoms with van der Waals surface area (Å²) in [6, 6.07) is 13.5. The molecule has 0 aliphatic carbocycles. The number of furan rings is 1. The van der Waals surface area contributed by atoms with Crippen LogP contribution in [0.5, 0.6) is 0 Å². The molecule has 1 aliphatic rings. The lowest BCUT2D eigenvalue weighted by Crippen LogP contribution is -2.49. The summed E-state index contributed by atoms with van der Waals surface area (Å²) in [6.07, 6.45) is 1.63. The fourth-order valence-electron chi connectivity index (χ4n) is 3.50. The minimum absolute atomic E-state index is 0.178. The summed E-state index contributed by atoms with van der Waals surface area (Å²) in [5, 5.41) is 8.53. The zero-order valence-electron chi connectivity index (χ0n) is 15.2. The molecule has 0 bridgehead atoms. The van der Waals surface area contributed by atoms with E-state index < -0.39 is 0 Å². The molecule has 8 heteroatoms. The molecule has 5 rings (SSSR count). The SMILES string of the molecule is O=C(Nc1noc2ncccc12)N1CCN(Cc2cc3ccccc3o2)CC1. The Hall–Kier alpha value is -3.39. The van der Waals surface area contributed by atoms with Gasteiger partial charge in [-0.2, -0.15) is 0 Å². The zero-order chi connectivity index (χ0) is 18.9. The molecule has 0 spiro atoms. The van der Waals surface area contributed by atoms with Gasteiger partial charge in [-0.25, -0.2) is 9.78 Å². The van der Waals surface area contributed by atoms with E-state index in [9.17, 15) is 4.79 Å². The van der Waals surface area contributed by atoms with E-state index >= 15 is 0 Å². The number of hydrogen-bond acceptors (Lipinski definition) is 6. The molecule has 1 saturated heterocycles. The van der Waals surface area contributed by atoms with Gasteiger partial charge in [-0.15, -0.1) is 0 Å². The summed E-state index contributed by atoms with van der Waals surface area (Å²) >= 11 is 0. The van der Waals surface area contributed by atoms with Crippen LogP contribution in [-0.4, -0.2) is 52.2 Å². The molecule has 4 aromatic rings. The quantitative estimate of drug-likeness (QED) is 0.589. The Morgan fingerprint density at radius 2 is 1.96 bits per heavy atom. The number of carbonyl (C=O) groups excluding carboxylic acids is 1. The standard InChI is InChI=1S/C20H19N5O3/c26-20(22-18-16-5-3-7-21-19(16)28-23-18)25-10-8-24(9-11-25)13-15-12-14-4-1-2-6-17(14)27-15/h1-7,12H,8-11,13H2,(H,22,23,26). The summed E-state index contributed by atoms with van der Waals surface area (Å²) < 4.78 is 11.0. The number of nitrogens with zero attached hydrogens (tertiary/aromatic N) is 4. The van der Waals surface area contributed by atoms with Gasteiger partial charge in [0.2, 0.25) is 0 Å². The Labute approximate surface area is 160 Å². The monoisotopic (exact) mass is 377 g/mol. The number of hydrogen-bond donors (Lipinski definition) is 1. The number of nitrogens with one attached hydrogen (secondary N) is 1. The molecule has 4 heterocycles. The highest BCUT2D eigenvalue weighted by molar-refractivity contribution is 5.97. The summed E-state index contributed by atoms with van der Waals surface area (Å²) in [4.78, 5) is 20.7. The number of para-hydroxylation sites is 1. The Bertz CT molecular complexity index is 1090. The number of piperazine rings is 1. The number of amides is 2. The summed E-state index contributed by atoms with van der Waals surface area (Å²) in [7, 11) is 0. The van der Waals surface area contributed by atoms with Gasteiger partial charge in [0, 0.05) is 37.8 Å². The first-order chi connectivity index (χ1) is 13.8. The lowest BCUT2D eigenvalue weighted by molar-refractivity contribution is 0.137. The highest BCUT2D eigenvalue weighted by Gasteiger charge is 2.23. The second-order valence-electron chi connectivity index (χ2n) is 6.83. The van der Waals surface area contributed by atoms with E-state index in [1.807, 2.05) is 30.3 Å². The smallest absolute Gasteiger partial charge is 0.323 e. The summed E-state index contributed by atoms with van der Waals surface area (Å²) in [5.74, 6) is 1.35. The van der Waals surface area contributed by atoms with E-state index in [4.69, 9.17) is 8.94 Å². The third-order valence-corrected chi connectivity index (χ3v) is 4.99. The number of aromatic nitrogens is 2. The predicted octanol–water partition coefficient (Wildman–Crippen LogP) is 3.32. The highest BCUT2D eigenvalue weighted by atomic mass is 16.5. The molecule has 1 aliphatic heterocycles. The first-order valence-electron chi connectivity index (χ1n) is 9.22. The van der Waals surface area contributed by atoms with Crippen LogP contribution in [0.4, 0.5) is 10.6 Å². The lowest BCUT2D eigenvalue weighted by Gasteiger charge is -2.34. The number of rotatable bonds is 3. The average Bonchev–Trinajstić information content (AvgIpc) is 3.32. The van der Waals surface area contributed by atoms with Crippen molar-refractivity contribution in [2.24, 2.45) is 0 Å². The van der Waals surface area contributed by atoms with E-state index in [0.29, 0.717) is 30.0 Å². The Morgan fingerprint density at radius 3 is 2.82 bits per heavy atom. The number of carbonyl (C=O) groups is 1. The molecule has 0 atom stereocenters. The number of urea groups is 1. The van der Waals surface area contributed by atoms with Gasteiger partial charge in [-0.05, 0) is 24.3 Å². The fraction of sp³-hybridized carbons (Fsp3) is 0.250. The maximum atomic E-state index is 12.6. The predicted molar refractivity (Wildman–Crippen MR) is 104 cm³/mol. The van der Waals surface area contributed by atoms with Crippen LogP contribution in [0.15, 0.2) is 57.6 Å². The van der Waals surface area contributed by atoms with Gasteiger partial charge in [0.25, 0.3) is 5.71 Å². The van der Waals surface area contributed by atoms with Crippen molar-refractivity contribution in [2.75, 3.05) is 31.5 Å². The van der Waals surface area contributed by atoms with Crippen LogP contribution in [0, 0.1) is 0 Å². The fourth-order valence-corrected chi connectivity index (χ4v) is 3.50. The average molecular weight is 377 g/mol. The maximum Gasteiger partial charge on any atom is 0.323 e. The molecule has 8 nitrogen and oxygen atoms in total. The highest BCUT2D eigenvalue weighted by Crippen LogP contribution is 2.22. The first-order valence-corrected chi connectivity index (χ1v) is 9.22. The van der Waals surface area contributed by atoms with Crippen molar-refractivity contribution in [2.45, 2.75) is 6.54 Å². The molecular formula is C20H19N5O3. The second-order valence-corrected chi connectivity index (χ2v) is 6.83. The van der Waals surface area contributed by atoms with Gasteiger partial charge < -0.3 is 13.8 Å². The van der Waals surface area contributed by atoms with Crippen molar-refractivity contribution in [3.05, 3.63) is 54.4 Å². The second kappa shape index (κ2) is 6.97. The first kappa shape index (κ1) is 16.8. The third-order valence-electron chi connectivity index (χ3n) is 4.99. The van der Waals surface area contributed by atoms with Crippen molar-refractivity contribution in [1.29, 1.82) is 0 Å². The largest absolute Gasteiger partial charge is 0.460 e. The molecule has 1 N–H and O–H groups in total. The van der Waals surface area contributed by atoms with E-state index in [1.54, 1.807) is 17.2 Å². The molecule has 0 unspecified atom stereocenters. The van der Waals surface area contributed by atoms with Crippen molar-refractivity contribution < 1.29 is 13.7 Å². The molecular weight excluding hydrogens is 358 g/mol. The zero-order valence-corrected chi connectivity index (χ0v) is 15.2. The topological polar surface area (TPSA) is 87.6 Å². The molecule has 0 saturated carbocycles. The van der Waals surface area contributed by atoms with Gasteiger partial charge in [-0.3, -0.25) is 10.2 Å². The van der Waals surface area contributed by atoms with E-state index in [1.165, 1.54) is 0 Å². The van der Waals surface area contributed by atoms with E-state index in [2.05, 4.69) is 26.4 Å². The number of fused-ring (bicyclic) bond motifs is 2. The van der Waals surface area contributed by atoms with Crippen molar-refractivity contribution >= 4 is 33.9 Å². The van der Waals surface area contributed by atoms with Crippen LogP contribution < -0.4 is 5.32 Å². The van der Waals surface area contributed by atoms with Crippen LogP contribution in [0.25, 0.3) is 22.1 Å². The van der Waals surface area contributed by atoms with Gasteiger partial charge in [0.05, 0.1) is 11.9 Å². The van der Waals surface area contributed by atoms with Crippen LogP contribution in [0.2, 0.25) is 0 Å². The number of benzene rings is 1. The summed E-state index contributed by atoms with van der Waals surface area (Å²) in [6.45, 7) is 3.58. The molecule has 1 aromatic carbocycles. The Balaban J connectivity index is 1.19. The molecule has 28 heavy (non-hydrogen) atoms. The van der Waals surface area contributed by atoms with Crippen LogP contribution in [0.1, 0.15) is 5.76 Å². The van der Waals surface area contributed by atoms with Crippen LogP contribution in [-0.2, 0) is 6.54 Å². The van der Waals surface area contributed by atoms with Crippen molar-refractivity contribution in [1.82, 2.24) is 19.9 Å². The number of anilines is 1. The molecule has 142 valence electrons. The molecule has 2 amide bonds. The summed E-state index contributed by atoms with van der Waals surface area (Å²) in [5.41, 5.74) is 1.32. The molecule has 3 aromatic heterocycles. The Morgan fingerprint density at radius 1 is 1.11 bits per heavy atom. The lowest BCUT2D eigenvalue weighted by atomic mass is 10.2. The van der Waals surface area contributed by atoms with Gasteiger partial charge in [-0.1, -0.05) is 23.4 Å². The number of pyridine rings is 1. The van der Waals surface area contributed by atoms with Crippen molar-refractivity contribution in [3.8, 4) is 0 Å². The van der Waals surface area contributed by atoms with Gasteiger partial charge in [0.1, 0.15) is 11.3 Å². The van der Waals surface area contributed by atoms with Crippen molar-refractivity contribution in [3.63, 3.8) is 0 Å². The minimum Gasteiger partial charge on any atom is -0.460 e. The van der Waals surface area contributed by atoms with E-state index in [0.717, 1.165) is 36.4 Å². The molecule has 1 fully saturated rings. The molecule has 0 radical (unpaired) electrons. The minimum atomic E-state index is -0.178. The normalized spacial score (nSPS) is 15.4.